The van der Waals surface area contributed by atoms with E-state index in [2.05, 4.69) is 37.2 Å². The monoisotopic (exact) mass is 1000 g/mol. The molecule has 0 bridgehead atoms. The Morgan fingerprint density at radius 3 is 1.39 bits per heavy atom. The number of halogens is 9. The van der Waals surface area contributed by atoms with Crippen molar-refractivity contribution in [2.75, 3.05) is 0 Å². The van der Waals surface area contributed by atoms with Gasteiger partial charge >= 0.3 is 37.4 Å². The van der Waals surface area contributed by atoms with E-state index in [9.17, 15) is 54.2 Å². The normalized spacial score (nSPS) is 24.5. The summed E-state index contributed by atoms with van der Waals surface area (Å²) in [6.07, 6.45) is -7.41. The average molecular weight is 1000 g/mol. The maximum Gasteiger partial charge on any atom is 1.00 e. The molecule has 8 aliphatic carbocycles. The predicted octanol–water partition coefficient (Wildman–Crippen LogP) is 4.75. The van der Waals surface area contributed by atoms with Gasteiger partial charge in [-0.1, -0.05) is 36.6 Å². The van der Waals surface area contributed by atoms with Crippen molar-refractivity contribution < 1.29 is 107 Å². The van der Waals surface area contributed by atoms with Gasteiger partial charge in [0, 0.05) is 72.8 Å². The second-order valence-corrected chi connectivity index (χ2v) is 15.2. The second-order valence-electron chi connectivity index (χ2n) is 15.2. The molecule has 4 unspecified atom stereocenters. The summed E-state index contributed by atoms with van der Waals surface area (Å²) in [6.45, 7) is 4.01. The van der Waals surface area contributed by atoms with E-state index in [0.29, 0.717) is 64.6 Å². The van der Waals surface area contributed by atoms with Crippen molar-refractivity contribution in [1.82, 2.24) is 30.6 Å². The molecule has 8 atom stereocenters. The number of carboxylic acid groups (broad SMARTS) is 1. The molecule has 3 aromatic heterocycles. The van der Waals surface area contributed by atoms with E-state index in [4.69, 9.17) is 15.2 Å². The number of allylic oxidation sites excluding steroid dienone is 2. The molecule has 0 saturated heterocycles. The molecule has 10 N–H and O–H groups in total. The number of nitriles is 1. The van der Waals surface area contributed by atoms with Crippen molar-refractivity contribution in [3.05, 3.63) is 69.6 Å². The van der Waals surface area contributed by atoms with E-state index >= 15 is 0 Å². The molecule has 8 aliphatic rings. The summed E-state index contributed by atoms with van der Waals surface area (Å²) in [6, 6.07) is 1.75. The maximum absolute atomic E-state index is 12.4. The van der Waals surface area contributed by atoms with Crippen LogP contribution in [0, 0.1) is 48.3 Å². The van der Waals surface area contributed by atoms with Gasteiger partial charge in [-0.25, -0.2) is 0 Å². The number of hydrazine groups is 1. The Morgan fingerprint density at radius 2 is 1.07 bits per heavy atom. The van der Waals surface area contributed by atoms with Gasteiger partial charge in [0.25, 0.3) is 5.97 Å². The van der Waals surface area contributed by atoms with Crippen LogP contribution >= 0.6 is 0 Å². The number of fused-ring (bicyclic) bond motifs is 10. The van der Waals surface area contributed by atoms with E-state index in [1.165, 1.54) is 13.8 Å². The minimum Gasteiger partial charge on any atom is -0.875 e. The molecule has 1 radical (unpaired) electrons. The number of nitrogens with zero attached hydrogens (tertiary/aromatic N) is 4. The number of hydrogen-bond acceptors (Lipinski definition) is 10. The van der Waals surface area contributed by atoms with Gasteiger partial charge in [0.15, 0.2) is 23.0 Å². The number of Topliss-reactive ketones (excluding diaryl/α,β-unsaturated/α-hetero) is 2. The van der Waals surface area contributed by atoms with Crippen molar-refractivity contribution in [3.63, 3.8) is 0 Å². The Balaban J connectivity index is -0.000000361. The zero-order chi connectivity index (χ0) is 44.1. The Morgan fingerprint density at radius 1 is 0.701 bits per heavy atom. The Hall–Kier alpha value is -4.10. The van der Waals surface area contributed by atoms with Gasteiger partial charge in [-0.05, 0) is 85.5 Å². The molecule has 67 heavy (non-hydrogen) atoms. The number of aliphatic carboxylic acids is 1. The van der Waals surface area contributed by atoms with Crippen LogP contribution in [0.15, 0.2) is 11.3 Å². The van der Waals surface area contributed by atoms with Crippen LogP contribution in [0.25, 0.3) is 0 Å². The number of hydrogen-bond donors (Lipinski definition) is 6. The van der Waals surface area contributed by atoms with Crippen LogP contribution in [0.5, 0.6) is 0 Å². The van der Waals surface area contributed by atoms with Gasteiger partial charge in [-0.15, -0.1) is 5.76 Å². The fourth-order valence-corrected chi connectivity index (χ4v) is 8.43. The third-order valence-corrected chi connectivity index (χ3v) is 11.1. The summed E-state index contributed by atoms with van der Waals surface area (Å²) in [5.41, 5.74) is 0.763. The van der Waals surface area contributed by atoms with Gasteiger partial charge < -0.3 is 23.1 Å². The summed E-state index contributed by atoms with van der Waals surface area (Å²) in [4.78, 5) is 31.3. The van der Waals surface area contributed by atoms with E-state index in [0.717, 1.165) is 39.0 Å². The third kappa shape index (κ3) is 15.2. The first-order valence-corrected chi connectivity index (χ1v) is 18.2. The number of ketones is 2. The maximum atomic E-state index is 12.4. The molecule has 0 aromatic carbocycles. The Labute approximate surface area is 407 Å². The fourth-order valence-electron chi connectivity index (χ4n) is 8.43. The minimum absolute atomic E-state index is 0. The van der Waals surface area contributed by atoms with Gasteiger partial charge in [0.2, 0.25) is 0 Å². The topological polar surface area (TPSA) is 288 Å². The number of alkyl halides is 9. The Kier molecular flexibility index (Phi) is 27.0. The van der Waals surface area contributed by atoms with Crippen molar-refractivity contribution >= 4 is 17.5 Å². The standard InChI is InChI=1S/C8H5F3N2O.2C8H7F3N2.C8H10O2.C2H3N.C2H4O2.4CH4.CH3.Li.H4N2.H2O.V/c9-8(10,11)7-4-2-1-3(2)6(14)5(4)12-13-7;2*9-8(10,11)7-6-4-1-3(4)2-5(6)12-13-7;1-4(9)8-6-2-5(6)3-7(8)10;1-2-3;1-2(3)4;;;;;;;1-2;;/h2-3H,1H2,(H,12,13);2*3-4H,1-2H2,(H,12,13);5-6,9H,2-3H2,1H3;1H3;1H3,(H,3,4);4*1H4;1H3;;1-2H2;1H2;/q;;;;;;;;;;-1;+1;;;/p-1/b;;;8-4-;;;;;;;;;;;/t2-,3+;3-,4-;;;;;;;;;;;;;/m00............./s1. The zero-order valence-corrected chi connectivity index (χ0v) is 35.8. The van der Waals surface area contributed by atoms with Crippen molar-refractivity contribution in [3.8, 4) is 6.07 Å². The van der Waals surface area contributed by atoms with Crippen LogP contribution in [-0.2, 0) is 59.5 Å². The molecule has 15 nitrogen and oxygen atoms in total. The SMILES string of the molecule is C.C.C.C.C/C([O-])=C1/C(=O)CC2CC12.CC#N.CC(=O)O.FC(F)(F)c1n[nH]c2c1C1CC1C2.FC(F)(F)c1n[nH]c2c1[C@H]1C[C@H]1C2.NN.O.O=C1c2n[nH]c(C(F)(F)F)c2[C@H]2C[C@@H]12.[CH3-].[Li+].[V]. The van der Waals surface area contributed by atoms with Gasteiger partial charge in [-0.2, -0.15) is 60.1 Å². The average Bonchev–Trinajstić information content (AvgIpc) is 4.07. The van der Waals surface area contributed by atoms with Crippen LogP contribution in [0.4, 0.5) is 39.5 Å². The minimum atomic E-state index is -4.43. The van der Waals surface area contributed by atoms with Crippen LogP contribution in [0.3, 0.4) is 0 Å². The largest absolute Gasteiger partial charge is 1.00 e. The van der Waals surface area contributed by atoms with E-state index in [-0.39, 0.29) is 132 Å². The van der Waals surface area contributed by atoms with Gasteiger partial charge in [-0.3, -0.25) is 41.4 Å². The second kappa shape index (κ2) is 26.0. The number of carbonyl (C=O) groups excluding carboxylic acids is 2. The molecule has 3 heterocycles. The fraction of sp³-hybridized carbons (Fsp3) is 0.610. The van der Waals surface area contributed by atoms with Crippen molar-refractivity contribution in [2.24, 2.45) is 41.3 Å². The Bertz CT molecular complexity index is 2100. The number of nitrogens with one attached hydrogen (secondary N) is 3. The molecular formula is C41H60F9LiN9O6V-. The number of H-pyrrole nitrogens is 3. The molecular weight excluding hydrogens is 943 g/mol. The number of carbonyl (C=O) groups is 3. The quantitative estimate of drug-likeness (QED) is 0.0340. The number of nitrogens with two attached hydrogens (primary N) is 2. The first-order chi connectivity index (χ1) is 27.5. The summed E-state index contributed by atoms with van der Waals surface area (Å²) >= 11 is 0. The summed E-state index contributed by atoms with van der Waals surface area (Å²) in [5, 5.41) is 42.5. The smallest absolute Gasteiger partial charge is 0.875 e. The molecule has 26 heteroatoms. The molecule has 11 rings (SSSR count). The molecule has 5 saturated carbocycles. The first-order valence-electron chi connectivity index (χ1n) is 18.2. The van der Waals surface area contributed by atoms with Crippen LogP contribution in [0.1, 0.15) is 156 Å². The first kappa shape index (κ1) is 69.5. The number of aromatic nitrogens is 6. The molecule has 375 valence electrons. The molecule has 3 aromatic rings. The molecule has 5 fully saturated rings. The van der Waals surface area contributed by atoms with Crippen LogP contribution < -0.4 is 35.7 Å². The zero-order valence-electron chi connectivity index (χ0n) is 34.4. The van der Waals surface area contributed by atoms with E-state index < -0.39 is 41.6 Å². The number of carboxylic acids is 1. The van der Waals surface area contributed by atoms with Crippen molar-refractivity contribution in [1.29, 1.82) is 5.26 Å². The molecule has 0 amide bonds. The molecule has 0 spiro atoms. The summed E-state index contributed by atoms with van der Waals surface area (Å²) < 4.78 is 112. The van der Waals surface area contributed by atoms with Gasteiger partial charge in [0.1, 0.15) is 11.4 Å². The van der Waals surface area contributed by atoms with E-state index in [1.54, 1.807) is 6.07 Å². The number of aromatic amines is 3. The molecule has 0 aliphatic heterocycles. The summed E-state index contributed by atoms with van der Waals surface area (Å²) in [7, 11) is 0. The van der Waals surface area contributed by atoms with Crippen LogP contribution in [-0.4, -0.2) is 58.7 Å². The predicted molar refractivity (Wildman–Crippen MR) is 219 cm³/mol. The van der Waals surface area contributed by atoms with Crippen molar-refractivity contribution in [2.45, 2.75) is 132 Å². The summed E-state index contributed by atoms with van der Waals surface area (Å²) in [5.74, 6) is 8.71. The van der Waals surface area contributed by atoms with Crippen LogP contribution in [0.2, 0.25) is 0 Å². The van der Waals surface area contributed by atoms with Gasteiger partial charge in [0.05, 0.1) is 6.07 Å². The third-order valence-electron chi connectivity index (χ3n) is 11.1. The number of rotatable bonds is 0. The van der Waals surface area contributed by atoms with E-state index in [1.807, 2.05) is 5.10 Å².